The number of fused-ring (bicyclic) bond motifs is 1. The molecule has 3 aromatic rings. The van der Waals surface area contributed by atoms with Crippen molar-refractivity contribution in [2.75, 3.05) is 18.5 Å². The summed E-state index contributed by atoms with van der Waals surface area (Å²) in [5.41, 5.74) is 3.44. The molecule has 2 aromatic carbocycles. The molecular formula is C30H34N2O4S. The molecule has 0 radical (unpaired) electrons. The van der Waals surface area contributed by atoms with E-state index in [4.69, 9.17) is 14.5 Å². The molecule has 1 atom stereocenters. The monoisotopic (exact) mass is 518 g/mol. The van der Waals surface area contributed by atoms with Gasteiger partial charge >= 0.3 is 5.97 Å². The van der Waals surface area contributed by atoms with Crippen molar-refractivity contribution in [2.24, 2.45) is 16.3 Å². The van der Waals surface area contributed by atoms with Gasteiger partial charge in [-0.15, -0.1) is 11.3 Å². The Balaban J connectivity index is 1.65. The van der Waals surface area contributed by atoms with Crippen molar-refractivity contribution in [3.8, 4) is 5.75 Å². The van der Waals surface area contributed by atoms with Crippen molar-refractivity contribution in [1.82, 2.24) is 0 Å². The smallest absolute Gasteiger partial charge is 0.344 e. The highest BCUT2D eigenvalue weighted by Gasteiger charge is 2.33. The zero-order valence-electron chi connectivity index (χ0n) is 21.9. The maximum atomic E-state index is 13.5. The first-order chi connectivity index (χ1) is 17.8. The first-order valence-electron chi connectivity index (χ1n) is 12.7. The van der Waals surface area contributed by atoms with E-state index in [1.807, 2.05) is 48.5 Å². The Bertz CT molecular complexity index is 1270. The number of nitrogens with zero attached hydrogens (tertiary/aromatic N) is 1. The average molecular weight is 519 g/mol. The summed E-state index contributed by atoms with van der Waals surface area (Å²) >= 11 is 1.60. The molecule has 0 saturated heterocycles. The second-order valence-electron chi connectivity index (χ2n) is 10.2. The van der Waals surface area contributed by atoms with E-state index < -0.39 is 5.97 Å². The Morgan fingerprint density at radius 1 is 1.11 bits per heavy atom. The van der Waals surface area contributed by atoms with Crippen LogP contribution in [0.3, 0.4) is 0 Å². The number of hydrogen-bond donors (Lipinski definition) is 1. The first-order valence-corrected chi connectivity index (χ1v) is 13.5. The molecule has 6 nitrogen and oxygen atoms in total. The molecule has 1 aliphatic carbocycles. The topological polar surface area (TPSA) is 77.0 Å². The molecule has 0 aliphatic heterocycles. The zero-order valence-corrected chi connectivity index (χ0v) is 22.7. The minimum absolute atomic E-state index is 0.142. The summed E-state index contributed by atoms with van der Waals surface area (Å²) in [6, 6.07) is 16.9. The number of anilines is 1. The van der Waals surface area contributed by atoms with E-state index in [1.54, 1.807) is 30.5 Å². The molecule has 0 spiro atoms. The molecule has 194 valence electrons. The van der Waals surface area contributed by atoms with Gasteiger partial charge < -0.3 is 14.8 Å². The van der Waals surface area contributed by atoms with E-state index in [1.165, 1.54) is 4.88 Å². The maximum absolute atomic E-state index is 13.5. The number of benzene rings is 2. The minimum atomic E-state index is -0.423. The average Bonchev–Trinajstić information content (AvgIpc) is 3.25. The van der Waals surface area contributed by atoms with Crippen molar-refractivity contribution in [3.63, 3.8) is 0 Å². The van der Waals surface area contributed by atoms with Gasteiger partial charge in [0.25, 0.3) is 5.91 Å². The molecule has 1 N–H and O–H groups in total. The highest BCUT2D eigenvalue weighted by molar-refractivity contribution is 7.16. The molecule has 1 aromatic heterocycles. The molecule has 1 amide bonds. The Kier molecular flexibility index (Phi) is 8.44. The number of thiophene rings is 1. The van der Waals surface area contributed by atoms with E-state index in [0.29, 0.717) is 28.8 Å². The molecule has 0 fully saturated rings. The zero-order chi connectivity index (χ0) is 26.4. The van der Waals surface area contributed by atoms with Gasteiger partial charge in [-0.3, -0.25) is 4.79 Å². The van der Waals surface area contributed by atoms with Gasteiger partial charge in [-0.1, -0.05) is 51.1 Å². The predicted molar refractivity (Wildman–Crippen MR) is 150 cm³/mol. The van der Waals surface area contributed by atoms with Crippen LogP contribution in [-0.4, -0.2) is 31.3 Å². The van der Waals surface area contributed by atoms with Gasteiger partial charge in [0.1, 0.15) is 10.8 Å². The second kappa shape index (κ2) is 11.7. The molecule has 7 heteroatoms. The number of nitrogens with one attached hydrogen (secondary N) is 1. The third kappa shape index (κ3) is 6.66. The molecule has 0 unspecified atom stereocenters. The van der Waals surface area contributed by atoms with E-state index >= 15 is 0 Å². The summed E-state index contributed by atoms with van der Waals surface area (Å²) < 4.78 is 10.7. The van der Waals surface area contributed by atoms with Gasteiger partial charge in [0, 0.05) is 22.3 Å². The quantitative estimate of drug-likeness (QED) is 0.261. The van der Waals surface area contributed by atoms with Crippen LogP contribution in [0.4, 0.5) is 10.7 Å². The maximum Gasteiger partial charge on any atom is 0.344 e. The van der Waals surface area contributed by atoms with E-state index in [9.17, 15) is 9.59 Å². The summed E-state index contributed by atoms with van der Waals surface area (Å²) in [6.07, 6.45) is 4.56. The summed E-state index contributed by atoms with van der Waals surface area (Å²) in [6.45, 7) is 8.74. The summed E-state index contributed by atoms with van der Waals surface area (Å²) in [5.74, 6) is 0.520. The molecule has 4 rings (SSSR count). The molecule has 0 bridgehead atoms. The van der Waals surface area contributed by atoms with Gasteiger partial charge in [0.05, 0.1) is 12.2 Å². The number of amides is 1. The van der Waals surface area contributed by atoms with Gasteiger partial charge in [0.15, 0.2) is 6.61 Å². The van der Waals surface area contributed by atoms with Crippen LogP contribution in [0.15, 0.2) is 59.6 Å². The highest BCUT2D eigenvalue weighted by atomic mass is 32.1. The van der Waals surface area contributed by atoms with Gasteiger partial charge in [-0.2, -0.15) is 0 Å². The third-order valence-electron chi connectivity index (χ3n) is 6.62. The fourth-order valence-corrected chi connectivity index (χ4v) is 5.81. The van der Waals surface area contributed by atoms with Crippen molar-refractivity contribution in [1.29, 1.82) is 0 Å². The summed E-state index contributed by atoms with van der Waals surface area (Å²) in [4.78, 5) is 31.3. The Labute approximate surface area is 222 Å². The van der Waals surface area contributed by atoms with Crippen LogP contribution in [0.25, 0.3) is 0 Å². The van der Waals surface area contributed by atoms with Crippen molar-refractivity contribution >= 4 is 40.1 Å². The van der Waals surface area contributed by atoms with Crippen LogP contribution < -0.4 is 10.1 Å². The van der Waals surface area contributed by atoms with Gasteiger partial charge in [-0.05, 0) is 67.3 Å². The minimum Gasteiger partial charge on any atom is -0.481 e. The fraction of sp³-hybridized carbons (Fsp3) is 0.367. The van der Waals surface area contributed by atoms with Crippen molar-refractivity contribution in [2.45, 2.75) is 47.0 Å². The Morgan fingerprint density at radius 2 is 1.84 bits per heavy atom. The lowest BCUT2D eigenvalue weighted by atomic mass is 9.72. The van der Waals surface area contributed by atoms with Gasteiger partial charge in [-0.25, -0.2) is 9.79 Å². The number of aliphatic imine (C=N–C) groups is 1. The standard InChI is InChI=1S/C30H34N2O4S/c1-5-35-26(33)19-36-24-14-10-9-11-20(24)18-31-29-27(28(34)32-22-12-7-6-8-13-22)23-16-15-21(30(2,3)4)17-25(23)37-29/h6-14,18,21H,5,15-17,19H2,1-4H3,(H,32,34)/t21-/m1/s1. The van der Waals surface area contributed by atoms with E-state index in [2.05, 4.69) is 26.1 Å². The SMILES string of the molecule is CCOC(=O)COc1ccccc1C=Nc1sc2c(c1C(=O)Nc1ccccc1)CC[C@@H](C(C)(C)C)C2. The molecule has 1 heterocycles. The Morgan fingerprint density at radius 3 is 2.57 bits per heavy atom. The number of rotatable bonds is 8. The van der Waals surface area contributed by atoms with Crippen LogP contribution in [0.1, 0.15) is 60.5 Å². The lowest BCUT2D eigenvalue weighted by molar-refractivity contribution is -0.145. The van der Waals surface area contributed by atoms with E-state index in [-0.39, 0.29) is 17.9 Å². The lowest BCUT2D eigenvalue weighted by Crippen LogP contribution is -2.27. The van der Waals surface area contributed by atoms with Crippen LogP contribution in [0.2, 0.25) is 0 Å². The van der Waals surface area contributed by atoms with Gasteiger partial charge in [0.2, 0.25) is 0 Å². The lowest BCUT2D eigenvalue weighted by Gasteiger charge is -2.33. The molecule has 1 aliphatic rings. The molecule has 0 saturated carbocycles. The Hall–Kier alpha value is -3.45. The first kappa shape index (κ1) is 26.6. The van der Waals surface area contributed by atoms with Crippen molar-refractivity contribution < 1.29 is 19.1 Å². The predicted octanol–water partition coefficient (Wildman–Crippen LogP) is 6.84. The van der Waals surface area contributed by atoms with E-state index in [0.717, 1.165) is 36.1 Å². The largest absolute Gasteiger partial charge is 0.481 e. The van der Waals surface area contributed by atoms with Crippen LogP contribution >= 0.6 is 11.3 Å². The van der Waals surface area contributed by atoms with Crippen molar-refractivity contribution in [3.05, 3.63) is 76.2 Å². The summed E-state index contributed by atoms with van der Waals surface area (Å²) in [7, 11) is 0. The highest BCUT2D eigenvalue weighted by Crippen LogP contribution is 2.45. The number of carbonyl (C=O) groups excluding carboxylic acids is 2. The second-order valence-corrected chi connectivity index (χ2v) is 11.3. The number of hydrogen-bond acceptors (Lipinski definition) is 6. The fourth-order valence-electron chi connectivity index (χ4n) is 4.54. The van der Waals surface area contributed by atoms with Crippen LogP contribution in [0.5, 0.6) is 5.75 Å². The summed E-state index contributed by atoms with van der Waals surface area (Å²) in [5, 5.41) is 3.74. The molecular weight excluding hydrogens is 484 g/mol. The number of ether oxygens (including phenoxy) is 2. The molecule has 37 heavy (non-hydrogen) atoms. The third-order valence-corrected chi connectivity index (χ3v) is 7.78. The number of esters is 1. The number of carbonyl (C=O) groups is 2. The number of para-hydroxylation sites is 2. The van der Waals surface area contributed by atoms with Crippen LogP contribution in [-0.2, 0) is 22.4 Å². The van der Waals surface area contributed by atoms with Crippen LogP contribution in [0, 0.1) is 11.3 Å². The normalized spacial score (nSPS) is 15.3.